The smallest absolute Gasteiger partial charge is 0.348 e. The van der Waals surface area contributed by atoms with Crippen molar-refractivity contribution < 1.29 is 14.3 Å². The van der Waals surface area contributed by atoms with Gasteiger partial charge >= 0.3 is 5.97 Å². The van der Waals surface area contributed by atoms with Gasteiger partial charge in [0.2, 0.25) is 0 Å². The summed E-state index contributed by atoms with van der Waals surface area (Å²) in [5.74, 6) is -0.456. The molecular weight excluding hydrogens is 164 g/mol. The van der Waals surface area contributed by atoms with Gasteiger partial charge < -0.3 is 4.74 Å². The fraction of sp³-hybridized carbons (Fsp3) is 0.143. The molecule has 0 aliphatic carbocycles. The van der Waals surface area contributed by atoms with E-state index in [-0.39, 0.29) is 0 Å². The van der Waals surface area contributed by atoms with Crippen LogP contribution in [-0.4, -0.2) is 19.4 Å². The fourth-order valence-corrected chi connectivity index (χ4v) is 1.45. The number of esters is 1. The number of thiophene rings is 1. The molecule has 1 rings (SSSR count). The zero-order valence-electron chi connectivity index (χ0n) is 5.87. The first kappa shape index (κ1) is 7.94. The molecule has 1 aromatic rings. The number of methoxy groups -OCH3 is 1. The topological polar surface area (TPSA) is 43.4 Å². The van der Waals surface area contributed by atoms with Gasteiger partial charge in [-0.15, -0.1) is 11.3 Å². The molecule has 0 atom stereocenters. The van der Waals surface area contributed by atoms with Crippen LogP contribution in [0.3, 0.4) is 0 Å². The minimum atomic E-state index is -0.456. The molecule has 11 heavy (non-hydrogen) atoms. The zero-order chi connectivity index (χ0) is 8.27. The van der Waals surface area contributed by atoms with Crippen molar-refractivity contribution in [3.05, 3.63) is 21.9 Å². The van der Waals surface area contributed by atoms with Crippen LogP contribution in [0.2, 0.25) is 0 Å². The lowest BCUT2D eigenvalue weighted by molar-refractivity contribution is 0.0604. The number of rotatable bonds is 2. The van der Waals surface area contributed by atoms with Crippen LogP contribution < -0.4 is 0 Å². The Hall–Kier alpha value is -1.16. The average Bonchev–Trinajstić information content (AvgIpc) is 2.50. The number of hydrogen-bond donors (Lipinski definition) is 0. The van der Waals surface area contributed by atoms with Crippen molar-refractivity contribution >= 4 is 23.6 Å². The second-order valence-corrected chi connectivity index (χ2v) is 2.73. The number of aldehydes is 1. The summed E-state index contributed by atoms with van der Waals surface area (Å²) < 4.78 is 4.45. The molecule has 0 spiro atoms. The highest BCUT2D eigenvalue weighted by atomic mass is 32.1. The van der Waals surface area contributed by atoms with Crippen LogP contribution >= 0.6 is 11.3 Å². The Morgan fingerprint density at radius 1 is 1.73 bits per heavy atom. The minimum absolute atomic E-state index is 0.363. The van der Waals surface area contributed by atoms with Gasteiger partial charge in [0.25, 0.3) is 0 Å². The molecular formula is C7H6O3S. The SMILES string of the molecule is COC(=O)c1sccc1C=O. The monoisotopic (exact) mass is 170 g/mol. The third-order valence-electron chi connectivity index (χ3n) is 1.19. The largest absolute Gasteiger partial charge is 0.465 e. The molecule has 1 aromatic heterocycles. The van der Waals surface area contributed by atoms with Crippen LogP contribution in [0.25, 0.3) is 0 Å². The minimum Gasteiger partial charge on any atom is -0.465 e. The first-order valence-corrected chi connectivity index (χ1v) is 3.78. The van der Waals surface area contributed by atoms with Crippen molar-refractivity contribution in [2.45, 2.75) is 0 Å². The van der Waals surface area contributed by atoms with E-state index in [0.717, 1.165) is 0 Å². The number of ether oxygens (including phenoxy) is 1. The van der Waals surface area contributed by atoms with Gasteiger partial charge in [-0.2, -0.15) is 0 Å². The Kier molecular flexibility index (Phi) is 2.38. The van der Waals surface area contributed by atoms with Crippen molar-refractivity contribution in [1.29, 1.82) is 0 Å². The number of carbonyl (C=O) groups is 2. The van der Waals surface area contributed by atoms with Crippen molar-refractivity contribution in [1.82, 2.24) is 0 Å². The second-order valence-electron chi connectivity index (χ2n) is 1.81. The predicted octanol–water partition coefficient (Wildman–Crippen LogP) is 1.35. The molecule has 0 aromatic carbocycles. The molecule has 0 saturated carbocycles. The summed E-state index contributed by atoms with van der Waals surface area (Å²) in [6, 6.07) is 1.59. The molecule has 0 aliphatic rings. The fourth-order valence-electron chi connectivity index (χ4n) is 0.671. The van der Waals surface area contributed by atoms with E-state index in [9.17, 15) is 9.59 Å². The molecule has 1 heterocycles. The summed E-state index contributed by atoms with van der Waals surface area (Å²) in [7, 11) is 1.29. The first-order valence-electron chi connectivity index (χ1n) is 2.90. The van der Waals surface area contributed by atoms with Crippen molar-refractivity contribution in [3.63, 3.8) is 0 Å². The third-order valence-corrected chi connectivity index (χ3v) is 2.10. The average molecular weight is 170 g/mol. The van der Waals surface area contributed by atoms with E-state index >= 15 is 0 Å². The second kappa shape index (κ2) is 3.30. The van der Waals surface area contributed by atoms with Gasteiger partial charge in [-0.25, -0.2) is 4.79 Å². The van der Waals surface area contributed by atoms with Crippen molar-refractivity contribution in [2.75, 3.05) is 7.11 Å². The summed E-state index contributed by atoms with van der Waals surface area (Å²) in [5, 5.41) is 1.68. The Bertz CT molecular complexity index is 277. The molecule has 0 amide bonds. The van der Waals surface area contributed by atoms with Crippen LogP contribution in [0.1, 0.15) is 20.0 Å². The van der Waals surface area contributed by atoms with Crippen molar-refractivity contribution in [2.24, 2.45) is 0 Å². The highest BCUT2D eigenvalue weighted by Crippen LogP contribution is 2.15. The van der Waals surface area contributed by atoms with E-state index < -0.39 is 5.97 Å². The van der Waals surface area contributed by atoms with Crippen molar-refractivity contribution in [3.8, 4) is 0 Å². The highest BCUT2D eigenvalue weighted by molar-refractivity contribution is 7.12. The van der Waals surface area contributed by atoms with Crippen LogP contribution in [0.4, 0.5) is 0 Å². The van der Waals surface area contributed by atoms with Gasteiger partial charge in [0, 0.05) is 5.56 Å². The highest BCUT2D eigenvalue weighted by Gasteiger charge is 2.11. The van der Waals surface area contributed by atoms with Gasteiger partial charge in [0.1, 0.15) is 4.88 Å². The summed E-state index contributed by atoms with van der Waals surface area (Å²) in [6.07, 6.45) is 0.642. The van der Waals surface area contributed by atoms with Crippen LogP contribution in [0.5, 0.6) is 0 Å². The Balaban J connectivity index is 3.01. The third kappa shape index (κ3) is 1.46. The molecule has 0 aliphatic heterocycles. The van der Waals surface area contributed by atoms with E-state index in [2.05, 4.69) is 4.74 Å². The van der Waals surface area contributed by atoms with Gasteiger partial charge in [0.05, 0.1) is 7.11 Å². The maximum atomic E-state index is 10.9. The maximum absolute atomic E-state index is 10.9. The van der Waals surface area contributed by atoms with E-state index in [1.54, 1.807) is 11.4 Å². The molecule has 0 radical (unpaired) electrons. The standard InChI is InChI=1S/C7H6O3S/c1-10-7(9)6-5(4-8)2-3-11-6/h2-4H,1H3. The van der Waals surface area contributed by atoms with Gasteiger partial charge in [-0.05, 0) is 11.4 Å². The van der Waals surface area contributed by atoms with E-state index in [0.29, 0.717) is 16.7 Å². The lowest BCUT2D eigenvalue weighted by Gasteiger charge is -1.93. The number of carbonyl (C=O) groups excluding carboxylic acids is 2. The maximum Gasteiger partial charge on any atom is 0.348 e. The number of hydrogen-bond acceptors (Lipinski definition) is 4. The van der Waals surface area contributed by atoms with Gasteiger partial charge in [-0.1, -0.05) is 0 Å². The van der Waals surface area contributed by atoms with E-state index in [1.807, 2.05) is 0 Å². The summed E-state index contributed by atoms with van der Waals surface area (Å²) in [5.41, 5.74) is 0.391. The molecule has 0 fully saturated rings. The molecule has 0 N–H and O–H groups in total. The Morgan fingerprint density at radius 2 is 2.45 bits per heavy atom. The Morgan fingerprint density at radius 3 is 3.00 bits per heavy atom. The zero-order valence-corrected chi connectivity index (χ0v) is 6.68. The normalized spacial score (nSPS) is 9.18. The molecule has 58 valence electrons. The molecule has 3 nitrogen and oxygen atoms in total. The summed E-state index contributed by atoms with van der Waals surface area (Å²) in [6.45, 7) is 0. The summed E-state index contributed by atoms with van der Waals surface area (Å²) >= 11 is 1.20. The predicted molar refractivity (Wildman–Crippen MR) is 41.0 cm³/mol. The molecule has 0 bridgehead atoms. The van der Waals surface area contributed by atoms with Gasteiger partial charge in [-0.3, -0.25) is 4.79 Å². The quantitative estimate of drug-likeness (QED) is 0.497. The lowest BCUT2D eigenvalue weighted by atomic mass is 10.3. The van der Waals surface area contributed by atoms with E-state index in [1.165, 1.54) is 18.4 Å². The molecule has 0 saturated heterocycles. The van der Waals surface area contributed by atoms with Crippen LogP contribution in [0, 0.1) is 0 Å². The first-order chi connectivity index (χ1) is 5.29. The van der Waals surface area contributed by atoms with Crippen LogP contribution in [-0.2, 0) is 4.74 Å². The van der Waals surface area contributed by atoms with Crippen LogP contribution in [0.15, 0.2) is 11.4 Å². The Labute approximate surface area is 67.6 Å². The molecule has 0 unspecified atom stereocenters. The molecule has 4 heteroatoms. The summed E-state index contributed by atoms with van der Waals surface area (Å²) in [4.78, 5) is 21.6. The van der Waals surface area contributed by atoms with Gasteiger partial charge in [0.15, 0.2) is 6.29 Å². The lowest BCUT2D eigenvalue weighted by Crippen LogP contribution is -2.00. The van der Waals surface area contributed by atoms with E-state index in [4.69, 9.17) is 0 Å².